The minimum absolute atomic E-state index is 0.138. The van der Waals surface area contributed by atoms with E-state index >= 15 is 0 Å². The molecule has 0 fully saturated rings. The monoisotopic (exact) mass is 273 g/mol. The number of hydrogen-bond acceptors (Lipinski definition) is 3. The van der Waals surface area contributed by atoms with E-state index in [1.54, 1.807) is 7.11 Å². The maximum absolute atomic E-state index is 5.88. The molecular formula is C16H35NO2. The van der Waals surface area contributed by atoms with Gasteiger partial charge in [0.2, 0.25) is 0 Å². The Morgan fingerprint density at radius 1 is 0.895 bits per heavy atom. The fourth-order valence-electron chi connectivity index (χ4n) is 2.14. The lowest BCUT2D eigenvalue weighted by Crippen LogP contribution is -2.33. The molecule has 0 aliphatic heterocycles. The smallest absolute Gasteiger partial charge is 0.0531 e. The van der Waals surface area contributed by atoms with Crippen LogP contribution in [-0.2, 0) is 9.47 Å². The summed E-state index contributed by atoms with van der Waals surface area (Å²) in [6.45, 7) is 6.55. The van der Waals surface area contributed by atoms with Crippen molar-refractivity contribution in [3.63, 3.8) is 0 Å². The van der Waals surface area contributed by atoms with E-state index in [4.69, 9.17) is 15.2 Å². The molecule has 0 heterocycles. The molecule has 0 aromatic rings. The van der Waals surface area contributed by atoms with Gasteiger partial charge in [-0.1, -0.05) is 51.9 Å². The lowest BCUT2D eigenvalue weighted by molar-refractivity contribution is 0.0477. The number of methoxy groups -OCH3 is 1. The summed E-state index contributed by atoms with van der Waals surface area (Å²) in [5.74, 6) is 0.319. The van der Waals surface area contributed by atoms with E-state index in [9.17, 15) is 0 Å². The predicted octanol–water partition coefficient (Wildman–Crippen LogP) is 3.75. The summed E-state index contributed by atoms with van der Waals surface area (Å²) in [6.07, 6.45) is 10.7. The van der Waals surface area contributed by atoms with Crippen LogP contribution in [-0.4, -0.2) is 33.0 Å². The highest BCUT2D eigenvalue weighted by atomic mass is 16.5. The van der Waals surface area contributed by atoms with Gasteiger partial charge in [0.05, 0.1) is 13.2 Å². The largest absolute Gasteiger partial charge is 0.384 e. The highest BCUT2D eigenvalue weighted by Crippen LogP contribution is 2.09. The third-order valence-electron chi connectivity index (χ3n) is 3.60. The zero-order valence-electron chi connectivity index (χ0n) is 13.3. The van der Waals surface area contributed by atoms with E-state index < -0.39 is 0 Å². The molecule has 19 heavy (non-hydrogen) atoms. The van der Waals surface area contributed by atoms with Gasteiger partial charge in [0, 0.05) is 25.7 Å². The van der Waals surface area contributed by atoms with Crippen molar-refractivity contribution in [2.24, 2.45) is 11.7 Å². The molecule has 0 radical (unpaired) electrons. The summed E-state index contributed by atoms with van der Waals surface area (Å²) >= 11 is 0. The van der Waals surface area contributed by atoms with Gasteiger partial charge in [-0.3, -0.25) is 0 Å². The first kappa shape index (κ1) is 18.9. The molecule has 2 atom stereocenters. The van der Waals surface area contributed by atoms with Gasteiger partial charge in [-0.05, 0) is 13.3 Å². The van der Waals surface area contributed by atoms with Crippen molar-refractivity contribution < 1.29 is 9.47 Å². The fraction of sp³-hybridized carbons (Fsp3) is 1.00. The van der Waals surface area contributed by atoms with Crippen molar-refractivity contribution in [1.82, 2.24) is 0 Å². The minimum Gasteiger partial charge on any atom is -0.384 e. The zero-order valence-corrected chi connectivity index (χ0v) is 13.3. The van der Waals surface area contributed by atoms with Crippen molar-refractivity contribution in [2.45, 2.75) is 71.3 Å². The second-order valence-electron chi connectivity index (χ2n) is 5.62. The van der Waals surface area contributed by atoms with Gasteiger partial charge in [0.1, 0.15) is 0 Å². The van der Waals surface area contributed by atoms with Crippen LogP contribution < -0.4 is 5.73 Å². The predicted molar refractivity (Wildman–Crippen MR) is 82.4 cm³/mol. The van der Waals surface area contributed by atoms with Crippen LogP contribution in [0.5, 0.6) is 0 Å². The molecule has 0 amide bonds. The normalized spacial score (nSPS) is 14.5. The van der Waals surface area contributed by atoms with Crippen molar-refractivity contribution in [2.75, 3.05) is 26.9 Å². The molecule has 0 bridgehead atoms. The molecule has 0 aliphatic carbocycles. The molecule has 0 aromatic carbocycles. The van der Waals surface area contributed by atoms with Crippen LogP contribution in [0.15, 0.2) is 0 Å². The topological polar surface area (TPSA) is 44.5 Å². The van der Waals surface area contributed by atoms with E-state index in [1.807, 2.05) is 6.92 Å². The maximum atomic E-state index is 5.88. The van der Waals surface area contributed by atoms with Gasteiger partial charge in [-0.25, -0.2) is 0 Å². The Morgan fingerprint density at radius 2 is 1.47 bits per heavy atom. The van der Waals surface area contributed by atoms with E-state index in [0.29, 0.717) is 12.5 Å². The Kier molecular flexibility index (Phi) is 14.2. The van der Waals surface area contributed by atoms with Crippen LogP contribution >= 0.6 is 0 Å². The number of rotatable bonds is 14. The summed E-state index contributed by atoms with van der Waals surface area (Å²) in [4.78, 5) is 0. The Morgan fingerprint density at radius 3 is 2.00 bits per heavy atom. The minimum atomic E-state index is 0.138. The van der Waals surface area contributed by atoms with E-state index in [1.165, 1.54) is 51.4 Å². The van der Waals surface area contributed by atoms with Crippen molar-refractivity contribution in [3.8, 4) is 0 Å². The fourth-order valence-corrected chi connectivity index (χ4v) is 2.14. The highest BCUT2D eigenvalue weighted by Gasteiger charge is 2.13. The quantitative estimate of drug-likeness (QED) is 0.490. The second kappa shape index (κ2) is 14.3. The molecule has 3 heteroatoms. The average Bonchev–Trinajstić information content (AvgIpc) is 2.39. The first-order chi connectivity index (χ1) is 9.22. The molecule has 2 N–H and O–H groups in total. The average molecular weight is 273 g/mol. The van der Waals surface area contributed by atoms with E-state index in [0.717, 1.165) is 13.2 Å². The Labute approximate surface area is 120 Å². The molecule has 0 aliphatic rings. The third-order valence-corrected chi connectivity index (χ3v) is 3.60. The van der Waals surface area contributed by atoms with Crippen molar-refractivity contribution >= 4 is 0 Å². The van der Waals surface area contributed by atoms with Crippen molar-refractivity contribution in [3.05, 3.63) is 0 Å². The van der Waals surface area contributed by atoms with Crippen LogP contribution in [0.3, 0.4) is 0 Å². The van der Waals surface area contributed by atoms with Crippen molar-refractivity contribution in [1.29, 1.82) is 0 Å². The molecule has 0 saturated heterocycles. The third kappa shape index (κ3) is 12.6. The molecule has 0 spiro atoms. The number of ether oxygens (including phenoxy) is 2. The lowest BCUT2D eigenvalue weighted by atomic mass is 10.0. The van der Waals surface area contributed by atoms with Crippen LogP contribution in [0.2, 0.25) is 0 Å². The van der Waals surface area contributed by atoms with Crippen LogP contribution in [0.1, 0.15) is 65.2 Å². The molecular weight excluding hydrogens is 238 g/mol. The summed E-state index contributed by atoms with van der Waals surface area (Å²) in [5, 5.41) is 0. The van der Waals surface area contributed by atoms with E-state index in [-0.39, 0.29) is 6.04 Å². The maximum Gasteiger partial charge on any atom is 0.0531 e. The molecule has 0 aromatic heterocycles. The van der Waals surface area contributed by atoms with Gasteiger partial charge >= 0.3 is 0 Å². The van der Waals surface area contributed by atoms with Gasteiger partial charge in [0.15, 0.2) is 0 Å². The summed E-state index contributed by atoms with van der Waals surface area (Å²) < 4.78 is 10.8. The van der Waals surface area contributed by atoms with Crippen LogP contribution in [0.4, 0.5) is 0 Å². The molecule has 3 nitrogen and oxygen atoms in total. The number of nitrogens with two attached hydrogens (primary N) is 1. The van der Waals surface area contributed by atoms with Crippen LogP contribution in [0.25, 0.3) is 0 Å². The summed E-state index contributed by atoms with van der Waals surface area (Å²) in [5.41, 5.74) is 5.88. The number of hydrogen-bond donors (Lipinski definition) is 1. The Bertz CT molecular complexity index is 174. The SMILES string of the molecule is CCCCCCCCCCOCC(COC)C(C)N. The zero-order chi connectivity index (χ0) is 14.3. The Balaban J connectivity index is 3.25. The molecule has 116 valence electrons. The first-order valence-electron chi connectivity index (χ1n) is 8.04. The van der Waals surface area contributed by atoms with Gasteiger partial charge in [-0.15, -0.1) is 0 Å². The standard InChI is InChI=1S/C16H35NO2/c1-4-5-6-7-8-9-10-11-12-19-14-16(13-18-3)15(2)17/h15-16H,4-14,17H2,1-3H3. The summed E-state index contributed by atoms with van der Waals surface area (Å²) in [7, 11) is 1.72. The Hall–Kier alpha value is -0.120. The first-order valence-corrected chi connectivity index (χ1v) is 8.04. The van der Waals surface area contributed by atoms with Gasteiger partial charge in [-0.2, -0.15) is 0 Å². The van der Waals surface area contributed by atoms with Gasteiger partial charge < -0.3 is 15.2 Å². The van der Waals surface area contributed by atoms with Crippen LogP contribution in [0, 0.1) is 5.92 Å². The molecule has 0 saturated carbocycles. The molecule has 0 rings (SSSR count). The van der Waals surface area contributed by atoms with Gasteiger partial charge in [0.25, 0.3) is 0 Å². The highest BCUT2D eigenvalue weighted by molar-refractivity contribution is 4.67. The lowest BCUT2D eigenvalue weighted by Gasteiger charge is -2.19. The second-order valence-corrected chi connectivity index (χ2v) is 5.62. The summed E-state index contributed by atoms with van der Waals surface area (Å²) in [6, 6.07) is 0.138. The number of unbranched alkanes of at least 4 members (excludes halogenated alkanes) is 7. The molecule has 2 unspecified atom stereocenters. The van der Waals surface area contributed by atoms with E-state index in [2.05, 4.69) is 6.92 Å².